The monoisotopic (exact) mass is 385 g/mol. The van der Waals surface area contributed by atoms with Gasteiger partial charge < -0.3 is 19.8 Å². The number of benzene rings is 3. The lowest BCUT2D eigenvalue weighted by molar-refractivity contribution is 0.102. The molecule has 0 fully saturated rings. The predicted octanol–water partition coefficient (Wildman–Crippen LogP) is 4.56. The van der Waals surface area contributed by atoms with Crippen LogP contribution in [0.4, 0.5) is 5.69 Å². The molecule has 2 N–H and O–H groups in total. The second-order valence-corrected chi connectivity index (χ2v) is 6.94. The Hall–Kier alpha value is -3.80. The molecule has 144 valence electrons. The SMILES string of the molecule is Cc1ccc(-c2nc3ccccc3[nH]2)cc1NC(=O)c1ccc2c(c1)OCCO2. The molecule has 3 aromatic carbocycles. The molecule has 0 radical (unpaired) electrons. The third-order valence-electron chi connectivity index (χ3n) is 4.95. The van der Waals surface area contributed by atoms with Crippen LogP contribution in [0.2, 0.25) is 0 Å². The van der Waals surface area contributed by atoms with Gasteiger partial charge in [0, 0.05) is 16.8 Å². The second-order valence-electron chi connectivity index (χ2n) is 6.94. The average Bonchev–Trinajstić information content (AvgIpc) is 3.19. The van der Waals surface area contributed by atoms with Crippen LogP contribution in [0.1, 0.15) is 15.9 Å². The van der Waals surface area contributed by atoms with Gasteiger partial charge in [-0.05, 0) is 48.9 Å². The summed E-state index contributed by atoms with van der Waals surface area (Å²) in [4.78, 5) is 20.8. The second kappa shape index (κ2) is 6.98. The van der Waals surface area contributed by atoms with E-state index in [4.69, 9.17) is 9.47 Å². The van der Waals surface area contributed by atoms with Gasteiger partial charge >= 0.3 is 0 Å². The van der Waals surface area contributed by atoms with Crippen molar-refractivity contribution in [2.75, 3.05) is 18.5 Å². The maximum Gasteiger partial charge on any atom is 0.255 e. The predicted molar refractivity (Wildman–Crippen MR) is 112 cm³/mol. The zero-order valence-corrected chi connectivity index (χ0v) is 15.9. The van der Waals surface area contributed by atoms with Crippen LogP contribution >= 0.6 is 0 Å². The van der Waals surface area contributed by atoms with Gasteiger partial charge in [-0.2, -0.15) is 0 Å². The molecule has 1 amide bonds. The molecule has 1 aliphatic rings. The molecule has 6 nitrogen and oxygen atoms in total. The van der Waals surface area contributed by atoms with Crippen molar-refractivity contribution in [3.05, 3.63) is 71.8 Å². The molecule has 0 spiro atoms. The first-order chi connectivity index (χ1) is 14.2. The van der Waals surface area contributed by atoms with Crippen molar-refractivity contribution in [2.24, 2.45) is 0 Å². The van der Waals surface area contributed by atoms with E-state index in [1.165, 1.54) is 0 Å². The summed E-state index contributed by atoms with van der Waals surface area (Å²) in [6.07, 6.45) is 0. The number of nitrogens with one attached hydrogen (secondary N) is 2. The first kappa shape index (κ1) is 17.3. The average molecular weight is 385 g/mol. The Morgan fingerprint density at radius 2 is 1.83 bits per heavy atom. The molecule has 4 aromatic rings. The minimum Gasteiger partial charge on any atom is -0.486 e. The zero-order valence-electron chi connectivity index (χ0n) is 15.9. The number of nitrogens with zero attached hydrogens (tertiary/aromatic N) is 1. The number of hydrogen-bond acceptors (Lipinski definition) is 4. The number of ether oxygens (including phenoxy) is 2. The van der Waals surface area contributed by atoms with Crippen molar-refractivity contribution >= 4 is 22.6 Å². The van der Waals surface area contributed by atoms with Gasteiger partial charge in [-0.3, -0.25) is 4.79 Å². The Morgan fingerprint density at radius 3 is 2.69 bits per heavy atom. The Morgan fingerprint density at radius 1 is 1.00 bits per heavy atom. The molecule has 0 unspecified atom stereocenters. The van der Waals surface area contributed by atoms with E-state index in [0.717, 1.165) is 33.7 Å². The number of carbonyl (C=O) groups excluding carboxylic acids is 1. The van der Waals surface area contributed by atoms with Gasteiger partial charge in [0.2, 0.25) is 0 Å². The van der Waals surface area contributed by atoms with E-state index in [1.807, 2.05) is 49.4 Å². The van der Waals surface area contributed by atoms with Gasteiger partial charge in [-0.25, -0.2) is 4.98 Å². The molecular formula is C23H19N3O3. The summed E-state index contributed by atoms with van der Waals surface area (Å²) in [6, 6.07) is 19.0. The van der Waals surface area contributed by atoms with Crippen LogP contribution in [0.5, 0.6) is 11.5 Å². The maximum absolute atomic E-state index is 12.8. The van der Waals surface area contributed by atoms with Gasteiger partial charge in [0.25, 0.3) is 5.91 Å². The lowest BCUT2D eigenvalue weighted by Gasteiger charge is -2.18. The first-order valence-electron chi connectivity index (χ1n) is 9.44. The van der Waals surface area contributed by atoms with E-state index in [-0.39, 0.29) is 5.91 Å². The Kier molecular flexibility index (Phi) is 4.17. The molecule has 1 aliphatic heterocycles. The zero-order chi connectivity index (χ0) is 19.8. The lowest BCUT2D eigenvalue weighted by Crippen LogP contribution is -2.17. The third-order valence-corrected chi connectivity index (χ3v) is 4.95. The van der Waals surface area contributed by atoms with Crippen LogP contribution in [0.15, 0.2) is 60.7 Å². The molecule has 5 rings (SSSR count). The number of aromatic nitrogens is 2. The number of carbonyl (C=O) groups is 1. The molecule has 0 aliphatic carbocycles. The Balaban J connectivity index is 1.43. The summed E-state index contributed by atoms with van der Waals surface area (Å²) in [7, 11) is 0. The molecule has 2 heterocycles. The van der Waals surface area contributed by atoms with Crippen molar-refractivity contribution < 1.29 is 14.3 Å². The fourth-order valence-corrected chi connectivity index (χ4v) is 3.37. The minimum atomic E-state index is -0.202. The van der Waals surface area contributed by atoms with E-state index < -0.39 is 0 Å². The van der Waals surface area contributed by atoms with Gasteiger partial charge in [0.15, 0.2) is 11.5 Å². The molecule has 29 heavy (non-hydrogen) atoms. The lowest BCUT2D eigenvalue weighted by atomic mass is 10.1. The number of aromatic amines is 1. The summed E-state index contributed by atoms with van der Waals surface area (Å²) >= 11 is 0. The topological polar surface area (TPSA) is 76.2 Å². The van der Waals surface area contributed by atoms with Crippen LogP contribution in [-0.4, -0.2) is 29.1 Å². The highest BCUT2D eigenvalue weighted by Crippen LogP contribution is 2.31. The van der Waals surface area contributed by atoms with Gasteiger partial charge in [-0.15, -0.1) is 0 Å². The number of anilines is 1. The minimum absolute atomic E-state index is 0.202. The van der Waals surface area contributed by atoms with E-state index in [2.05, 4.69) is 15.3 Å². The maximum atomic E-state index is 12.8. The summed E-state index contributed by atoms with van der Waals surface area (Å²) in [5.74, 6) is 1.82. The number of amides is 1. The van der Waals surface area contributed by atoms with Gasteiger partial charge in [-0.1, -0.05) is 24.3 Å². The van der Waals surface area contributed by atoms with Gasteiger partial charge in [0.05, 0.1) is 11.0 Å². The van der Waals surface area contributed by atoms with Crippen LogP contribution in [0.3, 0.4) is 0 Å². The van der Waals surface area contributed by atoms with Gasteiger partial charge in [0.1, 0.15) is 19.0 Å². The molecule has 0 atom stereocenters. The smallest absolute Gasteiger partial charge is 0.255 e. The molecular weight excluding hydrogens is 366 g/mol. The van der Waals surface area contributed by atoms with E-state index in [0.29, 0.717) is 30.3 Å². The van der Waals surface area contributed by atoms with E-state index in [1.54, 1.807) is 18.2 Å². The van der Waals surface area contributed by atoms with Crippen molar-refractivity contribution in [1.29, 1.82) is 0 Å². The molecule has 6 heteroatoms. The number of imidazole rings is 1. The fourth-order valence-electron chi connectivity index (χ4n) is 3.37. The number of para-hydroxylation sites is 2. The van der Waals surface area contributed by atoms with E-state index >= 15 is 0 Å². The van der Waals surface area contributed by atoms with Crippen molar-refractivity contribution in [3.8, 4) is 22.9 Å². The van der Waals surface area contributed by atoms with Crippen molar-refractivity contribution in [3.63, 3.8) is 0 Å². The number of hydrogen-bond donors (Lipinski definition) is 2. The Bertz CT molecular complexity index is 1200. The molecule has 1 aromatic heterocycles. The summed E-state index contributed by atoms with van der Waals surface area (Å²) in [6.45, 7) is 2.96. The Labute approximate surface area is 167 Å². The normalized spacial score (nSPS) is 12.7. The summed E-state index contributed by atoms with van der Waals surface area (Å²) in [5, 5.41) is 3.00. The van der Waals surface area contributed by atoms with E-state index in [9.17, 15) is 4.79 Å². The number of aryl methyl sites for hydroxylation is 1. The molecule has 0 bridgehead atoms. The van der Waals surface area contributed by atoms with Crippen LogP contribution in [0.25, 0.3) is 22.4 Å². The quantitative estimate of drug-likeness (QED) is 0.542. The summed E-state index contributed by atoms with van der Waals surface area (Å²) < 4.78 is 11.1. The standard InChI is InChI=1S/C23H19N3O3/c1-14-6-7-15(22-24-17-4-2-3-5-18(17)25-22)12-19(14)26-23(27)16-8-9-20-21(13-16)29-11-10-28-20/h2-9,12-13H,10-11H2,1H3,(H,24,25)(H,26,27). The van der Waals surface area contributed by atoms with Crippen molar-refractivity contribution in [2.45, 2.75) is 6.92 Å². The number of rotatable bonds is 3. The first-order valence-corrected chi connectivity index (χ1v) is 9.44. The highest BCUT2D eigenvalue weighted by atomic mass is 16.6. The number of H-pyrrole nitrogens is 1. The van der Waals surface area contributed by atoms with Crippen LogP contribution in [-0.2, 0) is 0 Å². The molecule has 0 saturated heterocycles. The third kappa shape index (κ3) is 3.29. The molecule has 0 saturated carbocycles. The fraction of sp³-hybridized carbons (Fsp3) is 0.130. The van der Waals surface area contributed by atoms with Crippen molar-refractivity contribution in [1.82, 2.24) is 9.97 Å². The highest BCUT2D eigenvalue weighted by molar-refractivity contribution is 6.05. The largest absolute Gasteiger partial charge is 0.486 e. The number of fused-ring (bicyclic) bond motifs is 2. The highest BCUT2D eigenvalue weighted by Gasteiger charge is 2.16. The summed E-state index contributed by atoms with van der Waals surface area (Å²) in [5.41, 5.74) is 5.01. The van der Waals surface area contributed by atoms with Crippen LogP contribution in [0, 0.1) is 6.92 Å². The van der Waals surface area contributed by atoms with Crippen LogP contribution < -0.4 is 14.8 Å².